The van der Waals surface area contributed by atoms with Gasteiger partial charge in [-0.1, -0.05) is 11.6 Å². The Hall–Kier alpha value is -3.78. The smallest absolute Gasteiger partial charge is 0.341 e. The van der Waals surface area contributed by atoms with Crippen LogP contribution in [0.1, 0.15) is 10.4 Å². The van der Waals surface area contributed by atoms with Crippen LogP contribution in [0.4, 0.5) is 0 Å². The first-order valence-corrected chi connectivity index (χ1v) is 9.56. The Morgan fingerprint density at radius 1 is 1.00 bits per heavy atom. The van der Waals surface area contributed by atoms with Crippen molar-refractivity contribution in [3.8, 4) is 34.1 Å². The second kappa shape index (κ2) is 8.16. The molecule has 0 saturated heterocycles. The van der Waals surface area contributed by atoms with Crippen molar-refractivity contribution in [1.29, 1.82) is 0 Å². The van der Waals surface area contributed by atoms with E-state index in [1.807, 2.05) is 0 Å². The zero-order valence-electron chi connectivity index (χ0n) is 17.0. The minimum atomic E-state index is -0.625. The van der Waals surface area contributed by atoms with Crippen LogP contribution >= 0.6 is 11.6 Å². The van der Waals surface area contributed by atoms with Crippen molar-refractivity contribution < 1.29 is 19.0 Å². The van der Waals surface area contributed by atoms with Gasteiger partial charge in [0.1, 0.15) is 22.8 Å². The molecule has 0 unspecified atom stereocenters. The van der Waals surface area contributed by atoms with Crippen molar-refractivity contribution in [1.82, 2.24) is 14.3 Å². The second-order valence-corrected chi connectivity index (χ2v) is 7.00. The Bertz CT molecular complexity index is 1290. The first kappa shape index (κ1) is 20.5. The van der Waals surface area contributed by atoms with Gasteiger partial charge in [0.2, 0.25) is 0 Å². The molecule has 2 aliphatic rings. The molecule has 2 heterocycles. The van der Waals surface area contributed by atoms with Crippen molar-refractivity contribution in [3.05, 3.63) is 75.8 Å². The summed E-state index contributed by atoms with van der Waals surface area (Å²) in [5, 5.41) is 4.87. The number of halogens is 1. The molecule has 0 N–H and O–H groups in total. The van der Waals surface area contributed by atoms with Gasteiger partial charge in [-0.3, -0.25) is 4.79 Å². The number of nitrogens with zero attached hydrogens (tertiary/aromatic N) is 3. The lowest BCUT2D eigenvalue weighted by Crippen LogP contribution is -2.15. The zero-order chi connectivity index (χ0) is 22.1. The molecule has 0 aromatic heterocycles. The number of hydrogen-bond acceptors (Lipinski definition) is 6. The highest BCUT2D eigenvalue weighted by Gasteiger charge is 2.26. The number of benzene rings is 2. The molecule has 9 heteroatoms. The van der Waals surface area contributed by atoms with Gasteiger partial charge in [-0.25, -0.2) is 4.79 Å². The summed E-state index contributed by atoms with van der Waals surface area (Å²) in [6.45, 7) is 0. The van der Waals surface area contributed by atoms with E-state index in [4.69, 9.17) is 25.8 Å². The molecule has 4 rings (SSSR count). The maximum absolute atomic E-state index is 13.2. The van der Waals surface area contributed by atoms with Crippen LogP contribution in [-0.2, 0) is 4.74 Å². The highest BCUT2D eigenvalue weighted by molar-refractivity contribution is 6.30. The standard InChI is InChI=1S/C22H18ClN3O5/c1-29-15-7-5-14(6-8-15)26-21(27)16-11-25(12-17(20(16)24-26)22(28)31-3)18-10-13(23)4-9-19(18)30-2/h4-12H,1-3H3. The van der Waals surface area contributed by atoms with Crippen molar-refractivity contribution in [2.75, 3.05) is 21.3 Å². The van der Waals surface area contributed by atoms with Crippen LogP contribution in [0.5, 0.6) is 11.5 Å². The van der Waals surface area contributed by atoms with Gasteiger partial charge >= 0.3 is 5.97 Å². The number of pyridine rings is 1. The monoisotopic (exact) mass is 439 g/mol. The maximum atomic E-state index is 13.2. The molecule has 158 valence electrons. The number of aromatic nitrogens is 3. The number of ether oxygens (including phenoxy) is 3. The molecular weight excluding hydrogens is 422 g/mol. The Labute approximate surface area is 182 Å². The largest absolute Gasteiger partial charge is 0.497 e. The van der Waals surface area contributed by atoms with E-state index in [0.29, 0.717) is 27.9 Å². The van der Waals surface area contributed by atoms with Gasteiger partial charge in [0.25, 0.3) is 5.56 Å². The maximum Gasteiger partial charge on any atom is 0.341 e. The highest BCUT2D eigenvalue weighted by atomic mass is 35.5. The predicted octanol–water partition coefficient (Wildman–Crippen LogP) is 3.59. The molecule has 0 atom stereocenters. The topological polar surface area (TPSA) is 84.6 Å². The molecule has 0 bridgehead atoms. The lowest BCUT2D eigenvalue weighted by Gasteiger charge is -2.15. The van der Waals surface area contributed by atoms with E-state index in [2.05, 4.69) is 5.10 Å². The van der Waals surface area contributed by atoms with Gasteiger partial charge in [-0.05, 0) is 42.5 Å². The van der Waals surface area contributed by atoms with E-state index in [9.17, 15) is 9.59 Å². The summed E-state index contributed by atoms with van der Waals surface area (Å²) in [5.41, 5.74) is 1.29. The average Bonchev–Trinajstić information content (AvgIpc) is 3.14. The Morgan fingerprint density at radius 2 is 1.74 bits per heavy atom. The van der Waals surface area contributed by atoms with Crippen molar-refractivity contribution in [2.45, 2.75) is 0 Å². The van der Waals surface area contributed by atoms with Crippen LogP contribution in [0.3, 0.4) is 0 Å². The molecule has 0 amide bonds. The molecular formula is C22H18ClN3O5. The van der Waals surface area contributed by atoms with Crippen LogP contribution in [0.25, 0.3) is 22.6 Å². The van der Waals surface area contributed by atoms with Gasteiger partial charge in [0.05, 0.1) is 38.3 Å². The van der Waals surface area contributed by atoms with Gasteiger partial charge in [-0.15, -0.1) is 0 Å². The molecule has 0 aliphatic carbocycles. The molecule has 2 aromatic rings. The summed E-state index contributed by atoms with van der Waals surface area (Å²) in [6.07, 6.45) is 3.12. The molecule has 0 fully saturated rings. The van der Waals surface area contributed by atoms with Crippen LogP contribution in [0.2, 0.25) is 5.02 Å². The summed E-state index contributed by atoms with van der Waals surface area (Å²) in [4.78, 5) is 25.7. The summed E-state index contributed by atoms with van der Waals surface area (Å²) in [7, 11) is 4.35. The van der Waals surface area contributed by atoms with Crippen molar-refractivity contribution >= 4 is 17.6 Å². The summed E-state index contributed by atoms with van der Waals surface area (Å²) >= 11 is 6.16. The van der Waals surface area contributed by atoms with E-state index in [-0.39, 0.29) is 22.4 Å². The number of fused-ring (bicyclic) bond motifs is 1. The van der Waals surface area contributed by atoms with E-state index < -0.39 is 5.97 Å². The first-order chi connectivity index (χ1) is 15.0. The van der Waals surface area contributed by atoms with Gasteiger partial charge < -0.3 is 18.8 Å². The van der Waals surface area contributed by atoms with Crippen molar-refractivity contribution in [2.24, 2.45) is 0 Å². The Balaban J connectivity index is 1.98. The lowest BCUT2D eigenvalue weighted by atomic mass is 10.1. The van der Waals surface area contributed by atoms with Gasteiger partial charge in [-0.2, -0.15) is 9.78 Å². The Kier molecular flexibility index (Phi) is 5.39. The SMILES string of the molecule is COC(=O)c1cn(-c2cc(Cl)ccc2OC)cc2c(=O)n(-c3ccc(OC)cc3)nc1-2. The summed E-state index contributed by atoms with van der Waals surface area (Å²) in [5.74, 6) is 0.535. The number of methoxy groups -OCH3 is 3. The van der Waals surface area contributed by atoms with E-state index >= 15 is 0 Å². The normalized spacial score (nSPS) is 10.8. The second-order valence-electron chi connectivity index (χ2n) is 6.56. The number of carbonyl (C=O) groups excluding carboxylic acids is 1. The van der Waals surface area contributed by atoms with E-state index in [0.717, 1.165) is 0 Å². The third-order valence-corrected chi connectivity index (χ3v) is 5.05. The first-order valence-electron chi connectivity index (χ1n) is 9.18. The third-order valence-electron chi connectivity index (χ3n) is 4.81. The summed E-state index contributed by atoms with van der Waals surface area (Å²) < 4.78 is 18.3. The van der Waals surface area contributed by atoms with Crippen LogP contribution in [0, 0.1) is 0 Å². The minimum Gasteiger partial charge on any atom is -0.497 e. The van der Waals surface area contributed by atoms with E-state index in [1.165, 1.54) is 25.1 Å². The predicted molar refractivity (Wildman–Crippen MR) is 115 cm³/mol. The quantitative estimate of drug-likeness (QED) is 0.442. The fraction of sp³-hybridized carbons (Fsp3) is 0.136. The number of rotatable bonds is 5. The number of esters is 1. The summed E-state index contributed by atoms with van der Waals surface area (Å²) in [6, 6.07) is 11.9. The zero-order valence-corrected chi connectivity index (χ0v) is 17.7. The minimum absolute atomic E-state index is 0.131. The Morgan fingerprint density at radius 3 is 2.39 bits per heavy atom. The lowest BCUT2D eigenvalue weighted by molar-refractivity contribution is 0.0600. The van der Waals surface area contributed by atoms with Crippen molar-refractivity contribution in [3.63, 3.8) is 0 Å². The van der Waals surface area contributed by atoms with Gasteiger partial charge in [0.15, 0.2) is 0 Å². The number of carbonyl (C=O) groups is 1. The molecule has 0 spiro atoms. The molecule has 8 nitrogen and oxygen atoms in total. The van der Waals surface area contributed by atoms with Crippen LogP contribution < -0.4 is 15.0 Å². The molecule has 2 aliphatic heterocycles. The fourth-order valence-electron chi connectivity index (χ4n) is 3.27. The fourth-order valence-corrected chi connectivity index (χ4v) is 3.43. The molecule has 2 aromatic carbocycles. The molecule has 0 radical (unpaired) electrons. The number of hydrogen-bond donors (Lipinski definition) is 0. The van der Waals surface area contributed by atoms with Crippen LogP contribution in [-0.4, -0.2) is 41.6 Å². The molecule has 31 heavy (non-hydrogen) atoms. The highest BCUT2D eigenvalue weighted by Crippen LogP contribution is 2.30. The van der Waals surface area contributed by atoms with Gasteiger partial charge in [0, 0.05) is 17.4 Å². The average molecular weight is 440 g/mol. The van der Waals surface area contributed by atoms with E-state index in [1.54, 1.807) is 60.3 Å². The molecule has 0 saturated carbocycles. The van der Waals surface area contributed by atoms with Crippen LogP contribution in [0.15, 0.2) is 59.7 Å². The third kappa shape index (κ3) is 3.62.